The van der Waals surface area contributed by atoms with Gasteiger partial charge in [-0.25, -0.2) is 4.68 Å². The zero-order chi connectivity index (χ0) is 24.4. The molecule has 1 amide bonds. The van der Waals surface area contributed by atoms with Crippen molar-refractivity contribution in [2.75, 3.05) is 11.1 Å². The highest BCUT2D eigenvalue weighted by atomic mass is 19.4. The van der Waals surface area contributed by atoms with Gasteiger partial charge in [-0.2, -0.15) is 23.5 Å². The molecule has 3 rings (SSSR count). The molecule has 8 nitrogen and oxygen atoms in total. The number of alkyl halides is 3. The van der Waals surface area contributed by atoms with Crippen molar-refractivity contribution in [2.45, 2.75) is 46.3 Å². The van der Waals surface area contributed by atoms with Crippen LogP contribution < -0.4 is 11.1 Å². The topological polar surface area (TPSA) is 123 Å². The van der Waals surface area contributed by atoms with Crippen molar-refractivity contribution >= 4 is 17.6 Å². The number of carbonyl (C=O) groups is 1. The zero-order valence-electron chi connectivity index (χ0n) is 18.3. The fraction of sp³-hybridized carbons (Fsp3) is 0.364. The molecule has 1 aromatic carbocycles. The van der Waals surface area contributed by atoms with E-state index < -0.39 is 12.7 Å². The molecule has 0 spiro atoms. The molecule has 3 N–H and O–H groups in total. The van der Waals surface area contributed by atoms with Crippen molar-refractivity contribution in [1.29, 1.82) is 5.26 Å². The van der Waals surface area contributed by atoms with E-state index in [0.29, 0.717) is 22.2 Å². The SMILES string of the molecule is CC(C)(C)Cc1cc(NC(=O)Cc2ccc(-c3nn(CC(F)(F)F)c(N)c3C#N)cc2)on1. The number of benzene rings is 1. The van der Waals surface area contributed by atoms with E-state index in [-0.39, 0.29) is 40.7 Å². The fourth-order valence-corrected chi connectivity index (χ4v) is 3.22. The summed E-state index contributed by atoms with van der Waals surface area (Å²) in [7, 11) is 0. The van der Waals surface area contributed by atoms with Crippen LogP contribution in [0.1, 0.15) is 37.6 Å². The number of rotatable bonds is 6. The first-order valence-corrected chi connectivity index (χ1v) is 10.0. The minimum atomic E-state index is -4.53. The second kappa shape index (κ2) is 8.97. The van der Waals surface area contributed by atoms with Gasteiger partial charge in [-0.15, -0.1) is 0 Å². The molecule has 0 bridgehead atoms. The maximum atomic E-state index is 12.7. The van der Waals surface area contributed by atoms with Gasteiger partial charge in [0.15, 0.2) is 0 Å². The van der Waals surface area contributed by atoms with E-state index in [1.165, 1.54) is 0 Å². The standard InChI is InChI=1S/C22H23F3N6O2/c1-21(2,3)10-15-9-18(33-30-15)28-17(32)8-13-4-6-14(7-5-13)19-16(11-26)20(27)31(29-19)12-22(23,24)25/h4-7,9H,8,10,12,27H2,1-3H3,(H,28,32). The normalized spacial score (nSPS) is 11.9. The average molecular weight is 460 g/mol. The van der Waals surface area contributed by atoms with Crippen LogP contribution in [0.4, 0.5) is 24.9 Å². The number of hydrogen-bond acceptors (Lipinski definition) is 6. The molecule has 0 aliphatic heterocycles. The molecule has 11 heteroatoms. The number of nitrogen functional groups attached to an aromatic ring is 1. The van der Waals surface area contributed by atoms with Gasteiger partial charge >= 0.3 is 6.18 Å². The summed E-state index contributed by atoms with van der Waals surface area (Å²) < 4.78 is 43.9. The van der Waals surface area contributed by atoms with Crippen molar-refractivity contribution in [1.82, 2.24) is 14.9 Å². The number of halogens is 3. The van der Waals surface area contributed by atoms with Gasteiger partial charge in [-0.05, 0) is 17.4 Å². The van der Waals surface area contributed by atoms with E-state index in [1.807, 2.05) is 0 Å². The molecule has 0 fully saturated rings. The smallest absolute Gasteiger partial charge is 0.383 e. The van der Waals surface area contributed by atoms with Crippen molar-refractivity contribution in [3.05, 3.63) is 47.2 Å². The number of nitrogens with one attached hydrogen (secondary N) is 1. The van der Waals surface area contributed by atoms with Gasteiger partial charge < -0.3 is 10.3 Å². The van der Waals surface area contributed by atoms with Crippen molar-refractivity contribution in [3.63, 3.8) is 0 Å². The predicted molar refractivity (Wildman–Crippen MR) is 115 cm³/mol. The first kappa shape index (κ1) is 23.8. The van der Waals surface area contributed by atoms with Crippen molar-refractivity contribution in [3.8, 4) is 17.3 Å². The zero-order valence-corrected chi connectivity index (χ0v) is 18.3. The number of carbonyl (C=O) groups excluding carboxylic acids is 1. The number of aromatic nitrogens is 3. The molecule has 2 aromatic heterocycles. The molecule has 0 atom stereocenters. The molecule has 0 saturated carbocycles. The Morgan fingerprint density at radius 3 is 2.48 bits per heavy atom. The summed E-state index contributed by atoms with van der Waals surface area (Å²) in [5.74, 6) is -0.427. The summed E-state index contributed by atoms with van der Waals surface area (Å²) in [6.45, 7) is 4.81. The Labute approximate surface area is 188 Å². The van der Waals surface area contributed by atoms with E-state index in [0.717, 1.165) is 5.69 Å². The van der Waals surface area contributed by atoms with Crippen LogP contribution in [0.15, 0.2) is 34.9 Å². The van der Waals surface area contributed by atoms with E-state index in [1.54, 1.807) is 36.4 Å². The molecular formula is C22H23F3N6O2. The van der Waals surface area contributed by atoms with Crippen LogP contribution in [0, 0.1) is 16.7 Å². The fourth-order valence-electron chi connectivity index (χ4n) is 3.22. The molecule has 174 valence electrons. The number of nitrogens with zero attached hydrogens (tertiary/aromatic N) is 4. The predicted octanol–water partition coefficient (Wildman–Crippen LogP) is 4.32. The monoisotopic (exact) mass is 460 g/mol. The second-order valence-corrected chi connectivity index (χ2v) is 8.84. The van der Waals surface area contributed by atoms with Crippen LogP contribution in [0.5, 0.6) is 0 Å². The molecule has 2 heterocycles. The highest BCUT2D eigenvalue weighted by Gasteiger charge is 2.31. The quantitative estimate of drug-likeness (QED) is 0.565. The number of nitriles is 1. The molecule has 33 heavy (non-hydrogen) atoms. The lowest BCUT2D eigenvalue weighted by molar-refractivity contribution is -0.142. The van der Waals surface area contributed by atoms with Gasteiger partial charge in [0.1, 0.15) is 29.7 Å². The minimum Gasteiger partial charge on any atom is -0.383 e. The average Bonchev–Trinajstić information content (AvgIpc) is 3.23. The number of anilines is 2. The summed E-state index contributed by atoms with van der Waals surface area (Å²) in [5.41, 5.74) is 7.40. The molecular weight excluding hydrogens is 437 g/mol. The van der Waals surface area contributed by atoms with Crippen LogP contribution in [0.25, 0.3) is 11.3 Å². The third-order valence-electron chi connectivity index (χ3n) is 4.56. The largest absolute Gasteiger partial charge is 0.408 e. The van der Waals surface area contributed by atoms with E-state index >= 15 is 0 Å². The Kier molecular flexibility index (Phi) is 6.48. The lowest BCUT2D eigenvalue weighted by Crippen LogP contribution is -2.20. The summed E-state index contributed by atoms with van der Waals surface area (Å²) >= 11 is 0. The van der Waals surface area contributed by atoms with Gasteiger partial charge in [0.05, 0.1) is 12.1 Å². The molecule has 0 saturated heterocycles. The van der Waals surface area contributed by atoms with E-state index in [2.05, 4.69) is 36.3 Å². The summed E-state index contributed by atoms with van der Waals surface area (Å²) in [5, 5.41) is 19.8. The van der Waals surface area contributed by atoms with Gasteiger partial charge in [0, 0.05) is 11.6 Å². The van der Waals surface area contributed by atoms with Crippen molar-refractivity contribution in [2.24, 2.45) is 5.41 Å². The van der Waals surface area contributed by atoms with Gasteiger partial charge in [-0.1, -0.05) is 50.2 Å². The van der Waals surface area contributed by atoms with Gasteiger partial charge in [0.2, 0.25) is 11.8 Å². The molecule has 3 aromatic rings. The van der Waals surface area contributed by atoms with Crippen LogP contribution in [-0.4, -0.2) is 27.0 Å². The lowest BCUT2D eigenvalue weighted by atomic mass is 9.91. The first-order chi connectivity index (χ1) is 15.3. The summed E-state index contributed by atoms with van der Waals surface area (Å²) in [6, 6.07) is 9.87. The number of amides is 1. The van der Waals surface area contributed by atoms with Gasteiger partial charge in [0.25, 0.3) is 0 Å². The van der Waals surface area contributed by atoms with Crippen LogP contribution in [0.2, 0.25) is 0 Å². The molecule has 0 aliphatic carbocycles. The highest BCUT2D eigenvalue weighted by molar-refractivity contribution is 5.91. The Bertz CT molecular complexity index is 1180. The Morgan fingerprint density at radius 1 is 1.24 bits per heavy atom. The van der Waals surface area contributed by atoms with Gasteiger partial charge in [-0.3, -0.25) is 10.1 Å². The van der Waals surface area contributed by atoms with Crippen LogP contribution in [0.3, 0.4) is 0 Å². The first-order valence-electron chi connectivity index (χ1n) is 10.0. The maximum absolute atomic E-state index is 12.7. The summed E-state index contributed by atoms with van der Waals surface area (Å²) in [6.07, 6.45) is -3.80. The third-order valence-corrected chi connectivity index (χ3v) is 4.56. The summed E-state index contributed by atoms with van der Waals surface area (Å²) in [4.78, 5) is 12.3. The van der Waals surface area contributed by atoms with Crippen LogP contribution >= 0.6 is 0 Å². The Hall–Kier alpha value is -3.81. The van der Waals surface area contributed by atoms with Crippen LogP contribution in [-0.2, 0) is 24.2 Å². The highest BCUT2D eigenvalue weighted by Crippen LogP contribution is 2.29. The maximum Gasteiger partial charge on any atom is 0.408 e. The Balaban J connectivity index is 1.69. The minimum absolute atomic E-state index is 0.0263. The molecule has 0 aliphatic rings. The second-order valence-electron chi connectivity index (χ2n) is 8.84. The third kappa shape index (κ3) is 6.35. The van der Waals surface area contributed by atoms with Crippen molar-refractivity contribution < 1.29 is 22.5 Å². The molecule has 0 unspecified atom stereocenters. The lowest BCUT2D eigenvalue weighted by Gasteiger charge is -2.14. The Morgan fingerprint density at radius 2 is 1.91 bits per heavy atom. The molecule has 0 radical (unpaired) electrons. The number of nitrogens with two attached hydrogens (primary N) is 1. The number of hydrogen-bond donors (Lipinski definition) is 2. The van der Waals surface area contributed by atoms with E-state index in [4.69, 9.17) is 10.3 Å². The van der Waals surface area contributed by atoms with E-state index in [9.17, 15) is 23.2 Å².